The number of rotatable bonds is 3. The van der Waals surface area contributed by atoms with Crippen molar-refractivity contribution in [2.45, 2.75) is 6.42 Å². The summed E-state index contributed by atoms with van der Waals surface area (Å²) in [5.74, 6) is -0.370. The number of piperazine rings is 1. The van der Waals surface area contributed by atoms with Gasteiger partial charge < -0.3 is 14.9 Å². The molecule has 26 heavy (non-hydrogen) atoms. The first-order valence-corrected chi connectivity index (χ1v) is 8.27. The molecule has 1 fully saturated rings. The lowest BCUT2D eigenvalue weighted by atomic mass is 10.1. The van der Waals surface area contributed by atoms with Gasteiger partial charge in [-0.05, 0) is 29.8 Å². The van der Waals surface area contributed by atoms with Crippen LogP contribution in [0, 0.1) is 5.82 Å². The summed E-state index contributed by atoms with van der Waals surface area (Å²) in [6.07, 6.45) is 1.66. The number of phenols is 1. The molecule has 1 amide bonds. The monoisotopic (exact) mass is 356 g/mol. The van der Waals surface area contributed by atoms with Gasteiger partial charge in [0.1, 0.15) is 12.1 Å². The van der Waals surface area contributed by atoms with Gasteiger partial charge in [-0.2, -0.15) is 4.52 Å². The summed E-state index contributed by atoms with van der Waals surface area (Å²) in [5, 5.41) is 21.4. The van der Waals surface area contributed by atoms with E-state index in [1.54, 1.807) is 21.8 Å². The van der Waals surface area contributed by atoms with Crippen LogP contribution in [-0.4, -0.2) is 61.9 Å². The Labute approximate surface area is 148 Å². The Morgan fingerprint density at radius 2 is 1.96 bits per heavy atom. The molecule has 134 valence electrons. The van der Waals surface area contributed by atoms with Gasteiger partial charge in [0.25, 0.3) is 0 Å². The lowest BCUT2D eigenvalue weighted by Crippen LogP contribution is -2.49. The van der Waals surface area contributed by atoms with E-state index in [2.05, 4.69) is 20.2 Å². The highest BCUT2D eigenvalue weighted by molar-refractivity contribution is 5.79. The molecule has 0 spiro atoms. The Kier molecular flexibility index (Phi) is 4.11. The van der Waals surface area contributed by atoms with Crippen molar-refractivity contribution in [2.75, 3.05) is 31.1 Å². The summed E-state index contributed by atoms with van der Waals surface area (Å²) in [4.78, 5) is 16.3. The van der Waals surface area contributed by atoms with Crippen LogP contribution in [0.4, 0.5) is 10.2 Å². The topological polar surface area (TPSA) is 86.9 Å². The van der Waals surface area contributed by atoms with Crippen LogP contribution in [-0.2, 0) is 11.2 Å². The Bertz CT molecular complexity index is 951. The number of fused-ring (bicyclic) bond motifs is 1. The van der Waals surface area contributed by atoms with Gasteiger partial charge in [-0.15, -0.1) is 15.3 Å². The van der Waals surface area contributed by atoms with Gasteiger partial charge in [0.15, 0.2) is 17.2 Å². The smallest absolute Gasteiger partial charge is 0.227 e. The summed E-state index contributed by atoms with van der Waals surface area (Å²) < 4.78 is 15.0. The highest BCUT2D eigenvalue weighted by atomic mass is 19.1. The Balaban J connectivity index is 1.37. The maximum Gasteiger partial charge on any atom is 0.227 e. The lowest BCUT2D eigenvalue weighted by molar-refractivity contribution is -0.130. The molecule has 1 saturated heterocycles. The maximum atomic E-state index is 13.4. The number of carbonyl (C=O) groups is 1. The van der Waals surface area contributed by atoms with Crippen molar-refractivity contribution in [3.63, 3.8) is 0 Å². The van der Waals surface area contributed by atoms with Crippen molar-refractivity contribution in [3.05, 3.63) is 48.0 Å². The van der Waals surface area contributed by atoms with Crippen LogP contribution >= 0.6 is 0 Å². The molecular weight excluding hydrogens is 339 g/mol. The standard InChI is InChI=1S/C17H17FN6O2/c18-13-9-12(1-2-14(13)25)10-17(26)23-7-5-22(6-8-23)16-4-3-15-20-19-11-24(15)21-16/h1-4,9,11,25H,5-8,10H2. The average Bonchev–Trinajstić information content (AvgIpc) is 3.12. The number of aromatic hydroxyl groups is 1. The number of hydrogen-bond donors (Lipinski definition) is 1. The number of amides is 1. The van der Waals surface area contributed by atoms with Crippen LogP contribution in [0.1, 0.15) is 5.56 Å². The van der Waals surface area contributed by atoms with E-state index in [1.165, 1.54) is 12.1 Å². The molecule has 3 heterocycles. The second-order valence-corrected chi connectivity index (χ2v) is 6.16. The molecule has 4 rings (SSSR count). The van der Waals surface area contributed by atoms with Crippen molar-refractivity contribution >= 4 is 17.4 Å². The van der Waals surface area contributed by atoms with Gasteiger partial charge in [-0.3, -0.25) is 4.79 Å². The zero-order valence-electron chi connectivity index (χ0n) is 13.9. The predicted molar refractivity (Wildman–Crippen MR) is 91.3 cm³/mol. The molecule has 1 N–H and O–H groups in total. The Morgan fingerprint density at radius 1 is 1.15 bits per heavy atom. The predicted octanol–water partition coefficient (Wildman–Crippen LogP) is 0.860. The van der Waals surface area contributed by atoms with E-state index in [9.17, 15) is 14.3 Å². The minimum atomic E-state index is -0.712. The molecule has 0 atom stereocenters. The SMILES string of the molecule is O=C(Cc1ccc(O)c(F)c1)N1CCN(c2ccc3nncn3n2)CC1. The molecule has 0 radical (unpaired) electrons. The number of anilines is 1. The quantitative estimate of drug-likeness (QED) is 0.749. The number of hydrogen-bond acceptors (Lipinski definition) is 6. The lowest BCUT2D eigenvalue weighted by Gasteiger charge is -2.35. The molecule has 1 aromatic carbocycles. The second kappa shape index (κ2) is 6.58. The molecule has 2 aromatic heterocycles. The Hall–Kier alpha value is -3.23. The summed E-state index contributed by atoms with van der Waals surface area (Å²) >= 11 is 0. The molecular formula is C17H17FN6O2. The van der Waals surface area contributed by atoms with Crippen LogP contribution in [0.2, 0.25) is 0 Å². The number of aromatic nitrogens is 4. The summed E-state index contributed by atoms with van der Waals surface area (Å²) in [6, 6.07) is 7.77. The first kappa shape index (κ1) is 16.2. The number of nitrogens with zero attached hydrogens (tertiary/aromatic N) is 6. The third-order valence-corrected chi connectivity index (χ3v) is 4.47. The normalized spacial score (nSPS) is 14.8. The van der Waals surface area contributed by atoms with Crippen molar-refractivity contribution in [1.82, 2.24) is 24.7 Å². The highest BCUT2D eigenvalue weighted by Crippen LogP contribution is 2.18. The van der Waals surface area contributed by atoms with Crippen LogP contribution in [0.5, 0.6) is 5.75 Å². The molecule has 0 unspecified atom stereocenters. The van der Waals surface area contributed by atoms with Gasteiger partial charge in [-0.1, -0.05) is 6.07 Å². The third-order valence-electron chi connectivity index (χ3n) is 4.47. The zero-order valence-corrected chi connectivity index (χ0v) is 13.9. The summed E-state index contributed by atoms with van der Waals surface area (Å²) in [6.45, 7) is 2.47. The van der Waals surface area contributed by atoms with Crippen LogP contribution in [0.15, 0.2) is 36.7 Å². The first-order chi connectivity index (χ1) is 12.6. The maximum absolute atomic E-state index is 13.4. The molecule has 1 aliphatic rings. The van der Waals surface area contributed by atoms with Gasteiger partial charge in [-0.25, -0.2) is 4.39 Å². The van der Waals surface area contributed by atoms with Crippen molar-refractivity contribution in [2.24, 2.45) is 0 Å². The van der Waals surface area contributed by atoms with E-state index in [4.69, 9.17) is 0 Å². The second-order valence-electron chi connectivity index (χ2n) is 6.16. The van der Waals surface area contributed by atoms with E-state index in [1.807, 2.05) is 12.1 Å². The average molecular weight is 356 g/mol. The fraction of sp³-hybridized carbons (Fsp3) is 0.294. The number of carbonyl (C=O) groups excluding carboxylic acids is 1. The highest BCUT2D eigenvalue weighted by Gasteiger charge is 2.22. The molecule has 8 nitrogen and oxygen atoms in total. The fourth-order valence-corrected chi connectivity index (χ4v) is 3.02. The molecule has 9 heteroatoms. The molecule has 1 aliphatic heterocycles. The van der Waals surface area contributed by atoms with Crippen LogP contribution in [0.25, 0.3) is 5.65 Å². The Morgan fingerprint density at radius 3 is 2.73 bits per heavy atom. The van der Waals surface area contributed by atoms with Crippen molar-refractivity contribution < 1.29 is 14.3 Å². The molecule has 3 aromatic rings. The fourth-order valence-electron chi connectivity index (χ4n) is 3.02. The van der Waals surface area contributed by atoms with Crippen molar-refractivity contribution in [3.8, 4) is 5.75 Å². The first-order valence-electron chi connectivity index (χ1n) is 8.27. The molecule has 0 saturated carbocycles. The van der Waals surface area contributed by atoms with Crippen LogP contribution in [0.3, 0.4) is 0 Å². The van der Waals surface area contributed by atoms with Crippen molar-refractivity contribution in [1.29, 1.82) is 0 Å². The van der Waals surface area contributed by atoms with Gasteiger partial charge in [0, 0.05) is 26.2 Å². The van der Waals surface area contributed by atoms with E-state index in [0.29, 0.717) is 37.4 Å². The van der Waals surface area contributed by atoms with E-state index >= 15 is 0 Å². The largest absolute Gasteiger partial charge is 0.505 e. The van der Waals surface area contributed by atoms with E-state index in [0.717, 1.165) is 5.82 Å². The summed E-state index contributed by atoms with van der Waals surface area (Å²) in [5.41, 5.74) is 1.23. The minimum absolute atomic E-state index is 0.0584. The number of halogens is 1. The van der Waals surface area contributed by atoms with Gasteiger partial charge in [0.05, 0.1) is 6.42 Å². The van der Waals surface area contributed by atoms with Gasteiger partial charge >= 0.3 is 0 Å². The zero-order chi connectivity index (χ0) is 18.1. The van der Waals surface area contributed by atoms with E-state index in [-0.39, 0.29) is 12.3 Å². The van der Waals surface area contributed by atoms with E-state index < -0.39 is 11.6 Å². The molecule has 0 bridgehead atoms. The minimum Gasteiger partial charge on any atom is -0.505 e. The van der Waals surface area contributed by atoms with Gasteiger partial charge in [0.2, 0.25) is 5.91 Å². The third kappa shape index (κ3) is 3.15. The molecule has 0 aliphatic carbocycles. The van der Waals surface area contributed by atoms with Crippen LogP contribution < -0.4 is 4.90 Å². The number of phenolic OH excluding ortho intramolecular Hbond substituents is 1. The number of benzene rings is 1. The summed E-state index contributed by atoms with van der Waals surface area (Å²) in [7, 11) is 0.